The number of hydrogen-bond acceptors (Lipinski definition) is 3. The molecule has 1 atom stereocenters. The van der Waals surface area contributed by atoms with Gasteiger partial charge in [-0.05, 0) is 25.1 Å². The second-order valence-corrected chi connectivity index (χ2v) is 4.81. The molecule has 0 saturated carbocycles. The number of aromatic nitrogens is 2. The highest BCUT2D eigenvalue weighted by Crippen LogP contribution is 2.12. The second-order valence-electron chi connectivity index (χ2n) is 4.43. The molecule has 0 spiro atoms. The molecule has 0 radical (unpaired) electrons. The fourth-order valence-corrected chi connectivity index (χ4v) is 1.86. The maximum atomic E-state index is 11.9. The predicted molar refractivity (Wildman–Crippen MR) is 68.1 cm³/mol. The molecular formula is C11H19N3O2S. The highest BCUT2D eigenvalue weighted by atomic mass is 32.1. The van der Waals surface area contributed by atoms with E-state index in [4.69, 9.17) is 17.3 Å². The number of aliphatic hydroxyl groups is 1. The first-order valence-corrected chi connectivity index (χ1v) is 6.05. The Bertz CT molecular complexity index is 436. The Kier molecular flexibility index (Phi) is 4.89. The van der Waals surface area contributed by atoms with Crippen molar-refractivity contribution in [2.75, 3.05) is 6.54 Å². The van der Waals surface area contributed by atoms with E-state index in [-0.39, 0.29) is 12.5 Å². The summed E-state index contributed by atoms with van der Waals surface area (Å²) in [7, 11) is 0. The Labute approximate surface area is 106 Å². The molecule has 5 nitrogen and oxygen atoms in total. The molecule has 1 aromatic heterocycles. The molecule has 1 heterocycles. The quantitative estimate of drug-likeness (QED) is 0.698. The molecule has 1 unspecified atom stereocenters. The van der Waals surface area contributed by atoms with Crippen molar-refractivity contribution in [3.8, 4) is 0 Å². The normalized spacial score (nSPS) is 12.8. The molecule has 0 aliphatic carbocycles. The van der Waals surface area contributed by atoms with E-state index in [0.717, 1.165) is 0 Å². The zero-order valence-electron chi connectivity index (χ0n) is 10.4. The van der Waals surface area contributed by atoms with Gasteiger partial charge >= 0.3 is 0 Å². The van der Waals surface area contributed by atoms with Gasteiger partial charge in [0.15, 0.2) is 4.77 Å². The van der Waals surface area contributed by atoms with Crippen LogP contribution in [0.15, 0.2) is 6.20 Å². The number of imidazole rings is 1. The van der Waals surface area contributed by atoms with E-state index in [1.807, 2.05) is 13.8 Å². The summed E-state index contributed by atoms with van der Waals surface area (Å²) < 4.78 is 2.08. The minimum Gasteiger partial charge on any atom is -0.390 e. The van der Waals surface area contributed by atoms with Gasteiger partial charge in [-0.1, -0.05) is 13.8 Å². The maximum absolute atomic E-state index is 11.9. The minimum absolute atomic E-state index is 0.0934. The minimum atomic E-state index is -0.422. The molecule has 0 aliphatic heterocycles. The average molecular weight is 257 g/mol. The summed E-state index contributed by atoms with van der Waals surface area (Å²) >= 11 is 5.09. The van der Waals surface area contributed by atoms with Gasteiger partial charge in [0.1, 0.15) is 6.04 Å². The van der Waals surface area contributed by atoms with E-state index in [1.165, 1.54) is 0 Å². The summed E-state index contributed by atoms with van der Waals surface area (Å²) in [5, 5.41) is 12.0. The van der Waals surface area contributed by atoms with Crippen molar-refractivity contribution in [1.82, 2.24) is 14.9 Å². The van der Waals surface area contributed by atoms with E-state index in [0.29, 0.717) is 22.9 Å². The van der Waals surface area contributed by atoms with E-state index >= 15 is 0 Å². The Hall–Kier alpha value is -1.14. The maximum Gasteiger partial charge on any atom is 0.242 e. The number of rotatable bonds is 5. The standard InChI is InChI=1S/C11H19N3O2S/c1-7(2)4-12-10(16)8(3)14-9(6-15)5-13-11(14)17/h5,7-8,15H,4,6H2,1-3H3,(H,12,16)(H,13,17). The number of carbonyl (C=O) groups excluding carboxylic acids is 1. The Balaban J connectivity index is 2.81. The lowest BCUT2D eigenvalue weighted by Crippen LogP contribution is -2.34. The summed E-state index contributed by atoms with van der Waals surface area (Å²) in [6.45, 7) is 6.32. The van der Waals surface area contributed by atoms with Gasteiger partial charge in [-0.25, -0.2) is 0 Å². The number of nitrogens with one attached hydrogen (secondary N) is 2. The van der Waals surface area contributed by atoms with Crippen LogP contribution in [0, 0.1) is 10.7 Å². The number of H-pyrrole nitrogens is 1. The summed E-state index contributed by atoms with van der Waals surface area (Å²) in [4.78, 5) is 14.7. The van der Waals surface area contributed by atoms with Crippen LogP contribution >= 0.6 is 12.2 Å². The highest BCUT2D eigenvalue weighted by Gasteiger charge is 2.18. The lowest BCUT2D eigenvalue weighted by Gasteiger charge is -2.16. The van der Waals surface area contributed by atoms with Gasteiger partial charge in [0.25, 0.3) is 0 Å². The molecule has 3 N–H and O–H groups in total. The number of nitrogens with zero attached hydrogens (tertiary/aromatic N) is 1. The molecule has 0 fully saturated rings. The Morgan fingerprint density at radius 1 is 1.59 bits per heavy atom. The summed E-state index contributed by atoms with van der Waals surface area (Å²) in [5.41, 5.74) is 0.613. The Morgan fingerprint density at radius 3 is 2.76 bits per heavy atom. The van der Waals surface area contributed by atoms with E-state index in [1.54, 1.807) is 17.7 Å². The third kappa shape index (κ3) is 3.41. The van der Waals surface area contributed by atoms with Crippen LogP contribution in [-0.2, 0) is 11.4 Å². The number of carbonyl (C=O) groups is 1. The first kappa shape index (κ1) is 13.9. The fourth-order valence-electron chi connectivity index (χ4n) is 1.53. The highest BCUT2D eigenvalue weighted by molar-refractivity contribution is 7.71. The zero-order valence-corrected chi connectivity index (χ0v) is 11.2. The monoisotopic (exact) mass is 257 g/mol. The van der Waals surface area contributed by atoms with Crippen molar-refractivity contribution in [1.29, 1.82) is 0 Å². The lowest BCUT2D eigenvalue weighted by atomic mass is 10.2. The van der Waals surface area contributed by atoms with Crippen LogP contribution in [0.25, 0.3) is 0 Å². The average Bonchev–Trinajstić information content (AvgIpc) is 2.66. The van der Waals surface area contributed by atoms with Gasteiger partial charge in [0.2, 0.25) is 5.91 Å². The number of amides is 1. The van der Waals surface area contributed by atoms with Crippen molar-refractivity contribution in [2.45, 2.75) is 33.4 Å². The first-order chi connectivity index (χ1) is 7.97. The van der Waals surface area contributed by atoms with Crippen molar-refractivity contribution < 1.29 is 9.90 Å². The fraction of sp³-hybridized carbons (Fsp3) is 0.636. The van der Waals surface area contributed by atoms with Gasteiger partial charge in [0, 0.05) is 12.7 Å². The smallest absolute Gasteiger partial charge is 0.242 e. The molecule has 17 heavy (non-hydrogen) atoms. The molecule has 1 amide bonds. The van der Waals surface area contributed by atoms with Crippen molar-refractivity contribution in [3.63, 3.8) is 0 Å². The van der Waals surface area contributed by atoms with E-state index < -0.39 is 6.04 Å². The van der Waals surface area contributed by atoms with Gasteiger partial charge < -0.3 is 20.0 Å². The predicted octanol–water partition coefficient (Wildman–Crippen LogP) is 1.37. The van der Waals surface area contributed by atoms with E-state index in [9.17, 15) is 4.79 Å². The van der Waals surface area contributed by atoms with Crippen molar-refractivity contribution in [2.24, 2.45) is 5.92 Å². The van der Waals surface area contributed by atoms with Gasteiger partial charge in [-0.15, -0.1) is 0 Å². The summed E-state index contributed by atoms with van der Waals surface area (Å²) in [6, 6.07) is -0.422. The molecule has 0 aromatic carbocycles. The lowest BCUT2D eigenvalue weighted by molar-refractivity contribution is -0.124. The summed E-state index contributed by atoms with van der Waals surface area (Å²) in [6.07, 6.45) is 1.62. The molecular weight excluding hydrogens is 238 g/mol. The van der Waals surface area contributed by atoms with Crippen LogP contribution in [-0.4, -0.2) is 27.1 Å². The largest absolute Gasteiger partial charge is 0.390 e. The second kappa shape index (κ2) is 5.97. The third-order valence-electron chi connectivity index (χ3n) is 2.50. The van der Waals surface area contributed by atoms with Gasteiger partial charge in [-0.3, -0.25) is 4.79 Å². The molecule has 0 saturated heterocycles. The molecule has 6 heteroatoms. The van der Waals surface area contributed by atoms with Crippen LogP contribution < -0.4 is 5.32 Å². The molecule has 1 rings (SSSR count). The molecule has 0 aliphatic rings. The van der Waals surface area contributed by atoms with Crippen LogP contribution in [0.1, 0.15) is 32.5 Å². The number of aliphatic hydroxyl groups excluding tert-OH is 1. The SMILES string of the molecule is CC(C)CNC(=O)C(C)n1c(CO)c[nH]c1=S. The van der Waals surface area contributed by atoms with Gasteiger partial charge in [-0.2, -0.15) is 0 Å². The van der Waals surface area contributed by atoms with Crippen LogP contribution in [0.5, 0.6) is 0 Å². The first-order valence-electron chi connectivity index (χ1n) is 5.64. The van der Waals surface area contributed by atoms with Crippen molar-refractivity contribution >= 4 is 18.1 Å². The third-order valence-corrected chi connectivity index (χ3v) is 2.82. The van der Waals surface area contributed by atoms with Crippen LogP contribution in [0.2, 0.25) is 0 Å². The summed E-state index contributed by atoms with van der Waals surface area (Å²) in [5.74, 6) is 0.312. The zero-order chi connectivity index (χ0) is 13.0. The van der Waals surface area contributed by atoms with Gasteiger partial charge in [0.05, 0.1) is 12.3 Å². The van der Waals surface area contributed by atoms with Crippen molar-refractivity contribution in [3.05, 3.63) is 16.7 Å². The van der Waals surface area contributed by atoms with E-state index in [2.05, 4.69) is 10.3 Å². The van der Waals surface area contributed by atoms with Crippen LogP contribution in [0.4, 0.5) is 0 Å². The molecule has 96 valence electrons. The van der Waals surface area contributed by atoms with Crippen LogP contribution in [0.3, 0.4) is 0 Å². The Morgan fingerprint density at radius 2 is 2.24 bits per heavy atom. The molecule has 0 bridgehead atoms. The number of hydrogen-bond donors (Lipinski definition) is 3. The topological polar surface area (TPSA) is 70.1 Å². The number of aromatic amines is 1. The molecule has 1 aromatic rings.